The Morgan fingerprint density at radius 3 is 2.65 bits per heavy atom. The van der Waals surface area contributed by atoms with Crippen molar-refractivity contribution in [1.82, 2.24) is 4.90 Å². The average molecular weight is 249 g/mol. The number of nitriles is 1. The monoisotopic (exact) mass is 249 g/mol. The zero-order chi connectivity index (χ0) is 12.7. The molecule has 0 radical (unpaired) electrons. The number of nitrogen functional groups attached to an aromatic ring is 1. The summed E-state index contributed by atoms with van der Waals surface area (Å²) >= 11 is 1.77. The lowest BCUT2D eigenvalue weighted by Gasteiger charge is -2.17. The molecule has 0 aliphatic carbocycles. The Balaban J connectivity index is 2.50. The molecule has 92 valence electrons. The molecule has 1 aromatic rings. The third kappa shape index (κ3) is 4.29. The Bertz CT molecular complexity index is 394. The summed E-state index contributed by atoms with van der Waals surface area (Å²) < 4.78 is 0. The van der Waals surface area contributed by atoms with Crippen LogP contribution in [0.4, 0.5) is 5.69 Å². The highest BCUT2D eigenvalue weighted by atomic mass is 32.2. The number of thioether (sulfide) groups is 1. The molecule has 0 aliphatic heterocycles. The molecule has 0 aliphatic rings. The van der Waals surface area contributed by atoms with Crippen LogP contribution in [-0.2, 0) is 0 Å². The zero-order valence-electron chi connectivity index (χ0n) is 10.4. The number of nitrogens with zero attached hydrogens (tertiary/aromatic N) is 2. The average Bonchev–Trinajstić information content (AvgIpc) is 2.36. The van der Waals surface area contributed by atoms with Gasteiger partial charge in [-0.15, -0.1) is 11.8 Å². The van der Waals surface area contributed by atoms with E-state index in [2.05, 4.69) is 24.8 Å². The van der Waals surface area contributed by atoms with Crippen molar-refractivity contribution < 1.29 is 0 Å². The van der Waals surface area contributed by atoms with Gasteiger partial charge in [-0.1, -0.05) is 13.8 Å². The molecule has 0 saturated carbocycles. The van der Waals surface area contributed by atoms with Gasteiger partial charge in [0.05, 0.1) is 5.56 Å². The Morgan fingerprint density at radius 1 is 1.35 bits per heavy atom. The second kappa shape index (κ2) is 7.21. The van der Waals surface area contributed by atoms with Crippen LogP contribution < -0.4 is 5.73 Å². The summed E-state index contributed by atoms with van der Waals surface area (Å²) in [6, 6.07) is 7.75. The predicted molar refractivity (Wildman–Crippen MR) is 74.1 cm³/mol. The Morgan fingerprint density at radius 2 is 2.06 bits per heavy atom. The molecular formula is C13H19N3S. The minimum atomic E-state index is 0.556. The lowest BCUT2D eigenvalue weighted by molar-refractivity contribution is 0.324. The van der Waals surface area contributed by atoms with E-state index >= 15 is 0 Å². The SMILES string of the molecule is CCN(CC)CCSc1ccc(N)c(C#N)c1. The van der Waals surface area contributed by atoms with Crippen molar-refractivity contribution in [2.45, 2.75) is 18.7 Å². The number of rotatable bonds is 6. The molecule has 0 bridgehead atoms. The van der Waals surface area contributed by atoms with E-state index in [-0.39, 0.29) is 0 Å². The fourth-order valence-corrected chi connectivity index (χ4v) is 2.51. The van der Waals surface area contributed by atoms with Crippen molar-refractivity contribution in [3.8, 4) is 6.07 Å². The minimum Gasteiger partial charge on any atom is -0.398 e. The van der Waals surface area contributed by atoms with Crippen LogP contribution in [0.25, 0.3) is 0 Å². The molecule has 0 amide bonds. The van der Waals surface area contributed by atoms with E-state index in [4.69, 9.17) is 11.0 Å². The Hall–Kier alpha value is -1.18. The molecule has 0 spiro atoms. The van der Waals surface area contributed by atoms with Crippen molar-refractivity contribution in [2.24, 2.45) is 0 Å². The summed E-state index contributed by atoms with van der Waals surface area (Å²) in [5.41, 5.74) is 6.80. The first-order chi connectivity index (χ1) is 8.21. The first kappa shape index (κ1) is 13.9. The molecular weight excluding hydrogens is 230 g/mol. The quantitative estimate of drug-likeness (QED) is 0.622. The van der Waals surface area contributed by atoms with Gasteiger partial charge in [-0.2, -0.15) is 5.26 Å². The second-order valence-electron chi connectivity index (χ2n) is 3.74. The minimum absolute atomic E-state index is 0.556. The van der Waals surface area contributed by atoms with E-state index in [0.29, 0.717) is 11.3 Å². The highest BCUT2D eigenvalue weighted by molar-refractivity contribution is 7.99. The molecule has 0 saturated heterocycles. The molecule has 1 rings (SSSR count). The molecule has 0 heterocycles. The molecule has 1 aromatic carbocycles. The number of hydrogen-bond acceptors (Lipinski definition) is 4. The summed E-state index contributed by atoms with van der Waals surface area (Å²) in [5.74, 6) is 1.04. The third-order valence-corrected chi connectivity index (χ3v) is 3.69. The summed E-state index contributed by atoms with van der Waals surface area (Å²) in [5, 5.41) is 8.89. The molecule has 0 aromatic heterocycles. The molecule has 0 atom stereocenters. The molecule has 4 heteroatoms. The molecule has 2 N–H and O–H groups in total. The number of benzene rings is 1. The first-order valence-corrected chi connectivity index (χ1v) is 6.84. The van der Waals surface area contributed by atoms with E-state index in [1.54, 1.807) is 17.8 Å². The van der Waals surface area contributed by atoms with E-state index in [9.17, 15) is 0 Å². The van der Waals surface area contributed by atoms with Gasteiger partial charge in [0.1, 0.15) is 6.07 Å². The highest BCUT2D eigenvalue weighted by Crippen LogP contribution is 2.22. The third-order valence-electron chi connectivity index (χ3n) is 2.72. The lowest BCUT2D eigenvalue weighted by Crippen LogP contribution is -2.25. The van der Waals surface area contributed by atoms with Crippen LogP contribution in [0.2, 0.25) is 0 Å². The summed E-state index contributed by atoms with van der Waals surface area (Å²) in [7, 11) is 0. The van der Waals surface area contributed by atoms with Crippen LogP contribution in [0.1, 0.15) is 19.4 Å². The van der Waals surface area contributed by atoms with E-state index in [0.717, 1.165) is 30.3 Å². The fourth-order valence-electron chi connectivity index (χ4n) is 1.55. The van der Waals surface area contributed by atoms with Crippen LogP contribution in [0.3, 0.4) is 0 Å². The van der Waals surface area contributed by atoms with Gasteiger partial charge in [0.15, 0.2) is 0 Å². The number of hydrogen-bond donors (Lipinski definition) is 1. The van der Waals surface area contributed by atoms with Crippen LogP contribution in [0.15, 0.2) is 23.1 Å². The highest BCUT2D eigenvalue weighted by Gasteiger charge is 2.02. The topological polar surface area (TPSA) is 53.0 Å². The standard InChI is InChI=1S/C13H19N3S/c1-3-16(4-2)7-8-17-12-5-6-13(15)11(9-12)10-14/h5-6,9H,3-4,7-8,15H2,1-2H3. The molecule has 3 nitrogen and oxygen atoms in total. The molecule has 17 heavy (non-hydrogen) atoms. The maximum absolute atomic E-state index is 8.89. The smallest absolute Gasteiger partial charge is 0.101 e. The lowest BCUT2D eigenvalue weighted by atomic mass is 10.2. The van der Waals surface area contributed by atoms with Crippen LogP contribution in [0.5, 0.6) is 0 Å². The fraction of sp³-hybridized carbons (Fsp3) is 0.462. The van der Waals surface area contributed by atoms with Gasteiger partial charge in [0.25, 0.3) is 0 Å². The maximum atomic E-state index is 8.89. The van der Waals surface area contributed by atoms with Crippen molar-refractivity contribution in [3.05, 3.63) is 23.8 Å². The largest absolute Gasteiger partial charge is 0.398 e. The van der Waals surface area contributed by atoms with Gasteiger partial charge in [-0.3, -0.25) is 0 Å². The Kier molecular flexibility index (Phi) is 5.88. The summed E-state index contributed by atoms with van der Waals surface area (Å²) in [4.78, 5) is 3.50. The van der Waals surface area contributed by atoms with E-state index in [1.807, 2.05) is 12.1 Å². The first-order valence-electron chi connectivity index (χ1n) is 5.86. The van der Waals surface area contributed by atoms with Gasteiger partial charge < -0.3 is 10.6 Å². The summed E-state index contributed by atoms with van der Waals surface area (Å²) in [6.07, 6.45) is 0. The van der Waals surface area contributed by atoms with Crippen LogP contribution in [0, 0.1) is 11.3 Å². The van der Waals surface area contributed by atoms with Gasteiger partial charge in [0, 0.05) is 22.9 Å². The van der Waals surface area contributed by atoms with Gasteiger partial charge in [0.2, 0.25) is 0 Å². The van der Waals surface area contributed by atoms with Crippen molar-refractivity contribution in [3.63, 3.8) is 0 Å². The zero-order valence-corrected chi connectivity index (χ0v) is 11.3. The van der Waals surface area contributed by atoms with Crippen molar-refractivity contribution in [2.75, 3.05) is 31.1 Å². The predicted octanol–water partition coefficient (Wildman–Crippen LogP) is 2.57. The second-order valence-corrected chi connectivity index (χ2v) is 4.90. The summed E-state index contributed by atoms with van der Waals surface area (Å²) in [6.45, 7) is 7.59. The molecule has 0 fully saturated rings. The number of nitrogens with two attached hydrogens (primary N) is 1. The van der Waals surface area contributed by atoms with Crippen LogP contribution in [-0.4, -0.2) is 30.3 Å². The van der Waals surface area contributed by atoms with Crippen LogP contribution >= 0.6 is 11.8 Å². The van der Waals surface area contributed by atoms with Gasteiger partial charge in [-0.25, -0.2) is 0 Å². The van der Waals surface area contributed by atoms with Crippen molar-refractivity contribution >= 4 is 17.4 Å². The van der Waals surface area contributed by atoms with E-state index < -0.39 is 0 Å². The van der Waals surface area contributed by atoms with Crippen molar-refractivity contribution in [1.29, 1.82) is 5.26 Å². The normalized spacial score (nSPS) is 10.5. The van der Waals surface area contributed by atoms with E-state index in [1.165, 1.54) is 0 Å². The van der Waals surface area contributed by atoms with Gasteiger partial charge in [-0.05, 0) is 31.3 Å². The maximum Gasteiger partial charge on any atom is 0.101 e. The molecule has 0 unspecified atom stereocenters. The number of anilines is 1. The Labute approximate surface area is 108 Å². The van der Waals surface area contributed by atoms with Gasteiger partial charge >= 0.3 is 0 Å².